The second-order valence-corrected chi connectivity index (χ2v) is 8.85. The van der Waals surface area contributed by atoms with E-state index in [-0.39, 0.29) is 11.8 Å². The third-order valence-electron chi connectivity index (χ3n) is 5.28. The lowest BCUT2D eigenvalue weighted by molar-refractivity contribution is 0.532. The maximum absolute atomic E-state index is 8.05. The highest BCUT2D eigenvalue weighted by atomic mass is 32.1. The van der Waals surface area contributed by atoms with Crippen LogP contribution in [0.2, 0.25) is 0 Å². The summed E-state index contributed by atoms with van der Waals surface area (Å²) in [6, 6.07) is 14.1. The molecule has 0 saturated carbocycles. The Balaban J connectivity index is 1.42. The third-order valence-corrected chi connectivity index (χ3v) is 6.34. The molecule has 8 heteroatoms. The summed E-state index contributed by atoms with van der Waals surface area (Å²) in [5, 5.41) is 16.5. The van der Waals surface area contributed by atoms with Gasteiger partial charge in [0.1, 0.15) is 0 Å². The molecule has 3 aromatic rings. The van der Waals surface area contributed by atoms with Crippen molar-refractivity contribution >= 4 is 40.2 Å². The maximum atomic E-state index is 8.05. The van der Waals surface area contributed by atoms with E-state index >= 15 is 0 Å². The summed E-state index contributed by atoms with van der Waals surface area (Å²) in [6.07, 6.45) is 8.55. The van der Waals surface area contributed by atoms with Gasteiger partial charge in [-0.15, -0.1) is 11.3 Å². The van der Waals surface area contributed by atoms with Crippen molar-refractivity contribution in [2.45, 2.75) is 26.3 Å². The molecule has 0 spiro atoms. The Labute approximate surface area is 197 Å². The molecule has 0 fully saturated rings. The first kappa shape index (κ1) is 22.4. The smallest absolute Gasteiger partial charge is 0.220 e. The Bertz CT molecular complexity index is 1210. The molecule has 0 radical (unpaired) electrons. The topological polar surface area (TPSA) is 111 Å². The Morgan fingerprint density at radius 2 is 2.03 bits per heavy atom. The fraction of sp³-hybridized carbons (Fsp3) is 0.200. The van der Waals surface area contributed by atoms with Crippen LogP contribution in [0, 0.1) is 10.8 Å². The summed E-state index contributed by atoms with van der Waals surface area (Å²) in [4.78, 5) is 12.5. The van der Waals surface area contributed by atoms with E-state index in [1.165, 1.54) is 34.7 Å². The van der Waals surface area contributed by atoms with Gasteiger partial charge in [0.2, 0.25) is 5.90 Å². The highest BCUT2D eigenvalue weighted by Crippen LogP contribution is 2.30. The maximum Gasteiger partial charge on any atom is 0.220 e. The molecule has 0 atom stereocenters. The number of aromatic nitrogens is 1. The number of anilines is 1. The number of benzene rings is 2. The Morgan fingerprint density at radius 1 is 1.21 bits per heavy atom. The molecule has 0 amide bonds. The quantitative estimate of drug-likeness (QED) is 0.363. The fourth-order valence-corrected chi connectivity index (χ4v) is 4.65. The van der Waals surface area contributed by atoms with E-state index in [0.717, 1.165) is 36.8 Å². The van der Waals surface area contributed by atoms with Gasteiger partial charge in [0.15, 0.2) is 11.0 Å². The standard InChI is InChI=1S/C25H26N6OS/c1-17(27)32-24(28)20-6-5-19-9-12-31(16-21(19)14-20)25-30-15-23(33-25)13-18-3-7-22(8-4-18)29-11-2-10-26/h2-8,10-11,14-15,27-28H,9,12-13,16,26H2,1H3. The predicted octanol–water partition coefficient (Wildman–Crippen LogP) is 4.81. The monoisotopic (exact) mass is 458 g/mol. The van der Waals surface area contributed by atoms with Crippen LogP contribution in [0.15, 0.2) is 65.9 Å². The van der Waals surface area contributed by atoms with Crippen LogP contribution in [0.1, 0.15) is 34.1 Å². The average molecular weight is 459 g/mol. The molecule has 1 aliphatic heterocycles. The molecule has 1 aromatic heterocycles. The van der Waals surface area contributed by atoms with E-state index in [9.17, 15) is 0 Å². The van der Waals surface area contributed by atoms with Gasteiger partial charge in [-0.25, -0.2) is 4.98 Å². The highest BCUT2D eigenvalue weighted by molar-refractivity contribution is 7.15. The molecule has 168 valence electrons. The second kappa shape index (κ2) is 10.2. The normalized spacial score (nSPS) is 13.4. The number of aliphatic imine (C=N–C) groups is 1. The van der Waals surface area contributed by atoms with Crippen LogP contribution in [-0.2, 0) is 24.1 Å². The van der Waals surface area contributed by atoms with Gasteiger partial charge >= 0.3 is 0 Å². The van der Waals surface area contributed by atoms with E-state index < -0.39 is 0 Å². The molecular weight excluding hydrogens is 432 g/mol. The SMILES string of the molecule is CC(=N)OC(=N)c1ccc2c(c1)CN(c1ncc(Cc3ccc(N=CC=CN)cc3)s1)CC2. The van der Waals surface area contributed by atoms with Crippen molar-refractivity contribution in [1.82, 2.24) is 4.98 Å². The van der Waals surface area contributed by atoms with Gasteiger partial charge in [-0.1, -0.05) is 18.2 Å². The molecular formula is C25H26N6OS. The average Bonchev–Trinajstić information content (AvgIpc) is 3.27. The van der Waals surface area contributed by atoms with E-state index in [1.54, 1.807) is 23.6 Å². The number of hydrogen-bond donors (Lipinski definition) is 3. The zero-order valence-corrected chi connectivity index (χ0v) is 19.2. The van der Waals surface area contributed by atoms with Crippen LogP contribution in [0.25, 0.3) is 0 Å². The molecule has 7 nitrogen and oxygen atoms in total. The summed E-state index contributed by atoms with van der Waals surface area (Å²) in [6.45, 7) is 3.19. The largest absolute Gasteiger partial charge is 0.426 e. The lowest BCUT2D eigenvalue weighted by Gasteiger charge is -2.28. The zero-order valence-electron chi connectivity index (χ0n) is 18.4. The Morgan fingerprint density at radius 3 is 2.79 bits per heavy atom. The molecule has 4 rings (SSSR count). The molecule has 4 N–H and O–H groups in total. The first-order valence-corrected chi connectivity index (χ1v) is 11.5. The number of allylic oxidation sites excluding steroid dienone is 1. The predicted molar refractivity (Wildman–Crippen MR) is 135 cm³/mol. The van der Waals surface area contributed by atoms with Crippen LogP contribution in [0.5, 0.6) is 0 Å². The summed E-state index contributed by atoms with van der Waals surface area (Å²) in [5.74, 6) is 0.0206. The van der Waals surface area contributed by atoms with Crippen molar-refractivity contribution in [2.24, 2.45) is 10.7 Å². The van der Waals surface area contributed by atoms with E-state index in [1.807, 2.05) is 30.5 Å². The van der Waals surface area contributed by atoms with Gasteiger partial charge in [-0.2, -0.15) is 0 Å². The lowest BCUT2D eigenvalue weighted by Crippen LogP contribution is -2.30. The second-order valence-electron chi connectivity index (χ2n) is 7.76. The van der Waals surface area contributed by atoms with Crippen molar-refractivity contribution in [3.05, 3.63) is 88.1 Å². The van der Waals surface area contributed by atoms with Gasteiger partial charge in [0.05, 0.1) is 5.69 Å². The molecule has 0 aliphatic carbocycles. The van der Waals surface area contributed by atoms with Crippen molar-refractivity contribution in [1.29, 1.82) is 10.8 Å². The van der Waals surface area contributed by atoms with Gasteiger partial charge in [-0.3, -0.25) is 15.8 Å². The summed E-state index contributed by atoms with van der Waals surface area (Å²) in [5.41, 5.74) is 10.6. The Hall–Kier alpha value is -3.78. The molecule has 2 aromatic carbocycles. The number of nitrogens with zero attached hydrogens (tertiary/aromatic N) is 3. The van der Waals surface area contributed by atoms with E-state index in [0.29, 0.717) is 5.56 Å². The molecule has 0 saturated heterocycles. The summed E-state index contributed by atoms with van der Waals surface area (Å²) >= 11 is 1.72. The van der Waals surface area contributed by atoms with Crippen LogP contribution >= 0.6 is 11.3 Å². The molecule has 1 aliphatic rings. The van der Waals surface area contributed by atoms with Gasteiger partial charge in [-0.05, 0) is 59.7 Å². The van der Waals surface area contributed by atoms with Crippen molar-refractivity contribution in [3.8, 4) is 0 Å². The van der Waals surface area contributed by atoms with Gasteiger partial charge < -0.3 is 15.4 Å². The van der Waals surface area contributed by atoms with Gasteiger partial charge in [0, 0.05) is 49.3 Å². The van der Waals surface area contributed by atoms with Crippen molar-refractivity contribution < 1.29 is 4.74 Å². The first-order valence-electron chi connectivity index (χ1n) is 10.6. The number of nitrogens with one attached hydrogen (secondary N) is 2. The van der Waals surface area contributed by atoms with Crippen molar-refractivity contribution in [3.63, 3.8) is 0 Å². The van der Waals surface area contributed by atoms with Crippen LogP contribution in [-0.4, -0.2) is 29.5 Å². The first-order chi connectivity index (χ1) is 16.0. The van der Waals surface area contributed by atoms with Crippen LogP contribution in [0.4, 0.5) is 10.8 Å². The summed E-state index contributed by atoms with van der Waals surface area (Å²) in [7, 11) is 0. The molecule has 0 bridgehead atoms. The molecule has 0 unspecified atom stereocenters. The van der Waals surface area contributed by atoms with Gasteiger partial charge in [0.25, 0.3) is 0 Å². The van der Waals surface area contributed by atoms with E-state index in [2.05, 4.69) is 33.1 Å². The molecule has 33 heavy (non-hydrogen) atoms. The Kier molecular flexibility index (Phi) is 6.95. The number of nitrogens with two attached hydrogens (primary N) is 1. The highest BCUT2D eigenvalue weighted by Gasteiger charge is 2.20. The van der Waals surface area contributed by atoms with Crippen LogP contribution < -0.4 is 10.6 Å². The minimum Gasteiger partial charge on any atom is -0.426 e. The number of thiazole rings is 1. The lowest BCUT2D eigenvalue weighted by atomic mass is 9.97. The number of rotatable bonds is 6. The summed E-state index contributed by atoms with van der Waals surface area (Å²) < 4.78 is 5.16. The molecule has 2 heterocycles. The van der Waals surface area contributed by atoms with Crippen LogP contribution in [0.3, 0.4) is 0 Å². The minimum absolute atomic E-state index is 0.00603. The van der Waals surface area contributed by atoms with Crippen molar-refractivity contribution in [2.75, 3.05) is 11.4 Å². The zero-order chi connectivity index (χ0) is 23.2. The number of ether oxygens (including phenoxy) is 1. The number of hydrogen-bond acceptors (Lipinski definition) is 8. The van der Waals surface area contributed by atoms with E-state index in [4.69, 9.17) is 21.3 Å². The third kappa shape index (κ3) is 5.72. The number of fused-ring (bicyclic) bond motifs is 1. The minimum atomic E-state index is 0.00603. The fourth-order valence-electron chi connectivity index (χ4n) is 3.68.